The van der Waals surface area contributed by atoms with Crippen LogP contribution in [0.15, 0.2) is 0 Å². The molecule has 1 N–H and O–H groups in total. The number of hydrogen-bond donors (Lipinski definition) is 1. The van der Waals surface area contributed by atoms with Crippen molar-refractivity contribution in [2.45, 2.75) is 71.1 Å². The van der Waals surface area contributed by atoms with Gasteiger partial charge in [-0.15, -0.1) is 0 Å². The summed E-state index contributed by atoms with van der Waals surface area (Å²) in [4.78, 5) is 2.57. The quantitative estimate of drug-likeness (QED) is 0.754. The molecule has 0 amide bonds. The van der Waals surface area contributed by atoms with Crippen molar-refractivity contribution in [2.24, 2.45) is 0 Å². The van der Waals surface area contributed by atoms with Gasteiger partial charge < -0.3 is 5.11 Å². The second-order valence-electron chi connectivity index (χ2n) is 4.87. The predicted octanol–water partition coefficient (Wildman–Crippen LogP) is 2.41. The van der Waals surface area contributed by atoms with Crippen LogP contribution in [0.1, 0.15) is 52.9 Å². The Hall–Kier alpha value is -0.0800. The molecule has 0 radical (unpaired) electrons. The topological polar surface area (TPSA) is 23.5 Å². The number of nitrogens with zero attached hydrogens (tertiary/aromatic N) is 1. The summed E-state index contributed by atoms with van der Waals surface area (Å²) in [5.41, 5.74) is 0. The molecule has 3 atom stereocenters. The Bertz CT molecular complexity index is 158. The maximum Gasteiger partial charge on any atom is 0.0526 e. The Morgan fingerprint density at radius 3 is 2.64 bits per heavy atom. The fraction of sp³-hybridized carbons (Fsp3) is 1.00. The van der Waals surface area contributed by atoms with Crippen LogP contribution in [0.25, 0.3) is 0 Å². The average molecular weight is 199 g/mol. The van der Waals surface area contributed by atoms with E-state index in [9.17, 15) is 5.11 Å². The van der Waals surface area contributed by atoms with Gasteiger partial charge in [-0.05, 0) is 46.6 Å². The van der Waals surface area contributed by atoms with Gasteiger partial charge in [-0.25, -0.2) is 0 Å². The highest BCUT2D eigenvalue weighted by atomic mass is 16.3. The van der Waals surface area contributed by atoms with Crippen LogP contribution in [0.3, 0.4) is 0 Å². The van der Waals surface area contributed by atoms with Gasteiger partial charge in [0, 0.05) is 12.1 Å². The minimum atomic E-state index is -0.166. The molecule has 0 aromatic carbocycles. The molecule has 1 heterocycles. The van der Waals surface area contributed by atoms with Crippen molar-refractivity contribution in [3.63, 3.8) is 0 Å². The van der Waals surface area contributed by atoms with Gasteiger partial charge in [0.15, 0.2) is 0 Å². The van der Waals surface area contributed by atoms with Crippen molar-refractivity contribution in [1.29, 1.82) is 0 Å². The van der Waals surface area contributed by atoms with Crippen LogP contribution in [0.2, 0.25) is 0 Å². The van der Waals surface area contributed by atoms with Gasteiger partial charge in [0.05, 0.1) is 6.10 Å². The van der Waals surface area contributed by atoms with Gasteiger partial charge in [0.25, 0.3) is 0 Å². The molecular formula is C12H25NO. The zero-order valence-electron chi connectivity index (χ0n) is 9.87. The first kappa shape index (κ1) is 12.0. The second kappa shape index (κ2) is 5.72. The maximum atomic E-state index is 9.38. The van der Waals surface area contributed by atoms with Crippen LogP contribution < -0.4 is 0 Å². The minimum Gasteiger partial charge on any atom is -0.393 e. The Kier molecular flexibility index (Phi) is 4.90. The number of aliphatic hydroxyl groups excluding tert-OH is 1. The Labute approximate surface area is 88.3 Å². The predicted molar refractivity (Wildman–Crippen MR) is 60.4 cm³/mol. The van der Waals surface area contributed by atoms with Crippen molar-refractivity contribution < 1.29 is 5.11 Å². The van der Waals surface area contributed by atoms with Gasteiger partial charge in [-0.3, -0.25) is 4.90 Å². The maximum absolute atomic E-state index is 9.38. The normalized spacial score (nSPS) is 29.6. The Balaban J connectivity index is 2.45. The molecular weight excluding hydrogens is 174 g/mol. The standard InChI is InChI=1S/C12H25NO/c1-10-7-5-4-6-8-13(10)11(2)9-12(3)14/h10-12,14H,4-9H2,1-3H3. The molecule has 1 saturated heterocycles. The second-order valence-corrected chi connectivity index (χ2v) is 4.87. The number of rotatable bonds is 3. The van der Waals surface area contributed by atoms with Crippen molar-refractivity contribution in [3.05, 3.63) is 0 Å². The summed E-state index contributed by atoms with van der Waals surface area (Å²) in [5, 5.41) is 9.38. The summed E-state index contributed by atoms with van der Waals surface area (Å²) in [6.07, 6.45) is 6.14. The van der Waals surface area contributed by atoms with E-state index in [1.807, 2.05) is 6.92 Å². The summed E-state index contributed by atoms with van der Waals surface area (Å²) >= 11 is 0. The fourth-order valence-electron chi connectivity index (χ4n) is 2.58. The average Bonchev–Trinajstić information content (AvgIpc) is 2.28. The van der Waals surface area contributed by atoms with E-state index in [0.717, 1.165) is 6.42 Å². The third-order valence-electron chi connectivity index (χ3n) is 3.35. The molecule has 0 aromatic heterocycles. The summed E-state index contributed by atoms with van der Waals surface area (Å²) in [5.74, 6) is 0. The molecule has 14 heavy (non-hydrogen) atoms. The van der Waals surface area contributed by atoms with E-state index in [1.165, 1.54) is 32.2 Å². The molecule has 2 nitrogen and oxygen atoms in total. The van der Waals surface area contributed by atoms with Crippen LogP contribution in [-0.2, 0) is 0 Å². The van der Waals surface area contributed by atoms with E-state index in [2.05, 4.69) is 18.7 Å². The lowest BCUT2D eigenvalue weighted by Crippen LogP contribution is -2.41. The van der Waals surface area contributed by atoms with Gasteiger partial charge >= 0.3 is 0 Å². The van der Waals surface area contributed by atoms with Crippen molar-refractivity contribution in [3.8, 4) is 0 Å². The molecule has 1 rings (SSSR count). The van der Waals surface area contributed by atoms with Crippen LogP contribution in [-0.4, -0.2) is 34.7 Å². The van der Waals surface area contributed by atoms with E-state index in [-0.39, 0.29) is 6.10 Å². The molecule has 1 fully saturated rings. The van der Waals surface area contributed by atoms with Crippen molar-refractivity contribution in [1.82, 2.24) is 4.90 Å². The van der Waals surface area contributed by atoms with Gasteiger partial charge in [0.1, 0.15) is 0 Å². The van der Waals surface area contributed by atoms with Crippen molar-refractivity contribution in [2.75, 3.05) is 6.54 Å². The summed E-state index contributed by atoms with van der Waals surface area (Å²) in [7, 11) is 0. The molecule has 0 aromatic rings. The van der Waals surface area contributed by atoms with Crippen molar-refractivity contribution >= 4 is 0 Å². The number of hydrogen-bond acceptors (Lipinski definition) is 2. The first-order chi connectivity index (χ1) is 6.61. The number of likely N-dealkylation sites (tertiary alicyclic amines) is 1. The van der Waals surface area contributed by atoms with Crippen LogP contribution in [0, 0.1) is 0 Å². The summed E-state index contributed by atoms with van der Waals surface area (Å²) < 4.78 is 0. The fourth-order valence-corrected chi connectivity index (χ4v) is 2.58. The minimum absolute atomic E-state index is 0.166. The van der Waals surface area contributed by atoms with Crippen LogP contribution in [0.4, 0.5) is 0 Å². The molecule has 0 bridgehead atoms. The van der Waals surface area contributed by atoms with Gasteiger partial charge in [-0.2, -0.15) is 0 Å². The number of aliphatic hydroxyl groups is 1. The van der Waals surface area contributed by atoms with E-state index in [0.29, 0.717) is 12.1 Å². The van der Waals surface area contributed by atoms with Gasteiger partial charge in [0.2, 0.25) is 0 Å². The first-order valence-electron chi connectivity index (χ1n) is 6.05. The Morgan fingerprint density at radius 2 is 2.00 bits per heavy atom. The smallest absolute Gasteiger partial charge is 0.0526 e. The Morgan fingerprint density at radius 1 is 1.29 bits per heavy atom. The SMILES string of the molecule is CC(O)CC(C)N1CCCCCC1C. The molecule has 2 heteroatoms. The summed E-state index contributed by atoms with van der Waals surface area (Å²) in [6.45, 7) is 7.67. The van der Waals surface area contributed by atoms with Crippen LogP contribution in [0.5, 0.6) is 0 Å². The van der Waals surface area contributed by atoms with E-state index >= 15 is 0 Å². The lowest BCUT2D eigenvalue weighted by atomic mass is 10.1. The van der Waals surface area contributed by atoms with Crippen LogP contribution >= 0.6 is 0 Å². The molecule has 3 unspecified atom stereocenters. The highest BCUT2D eigenvalue weighted by molar-refractivity contribution is 4.77. The molecule has 0 aliphatic carbocycles. The highest BCUT2D eigenvalue weighted by Gasteiger charge is 2.22. The third-order valence-corrected chi connectivity index (χ3v) is 3.35. The molecule has 0 spiro atoms. The summed E-state index contributed by atoms with van der Waals surface area (Å²) in [6, 6.07) is 1.23. The lowest BCUT2D eigenvalue weighted by Gasteiger charge is -2.33. The van der Waals surface area contributed by atoms with E-state index in [4.69, 9.17) is 0 Å². The largest absolute Gasteiger partial charge is 0.393 e. The zero-order chi connectivity index (χ0) is 10.6. The third kappa shape index (κ3) is 3.58. The first-order valence-corrected chi connectivity index (χ1v) is 6.05. The zero-order valence-corrected chi connectivity index (χ0v) is 9.87. The van der Waals surface area contributed by atoms with E-state index in [1.54, 1.807) is 0 Å². The molecule has 1 aliphatic heterocycles. The molecule has 84 valence electrons. The van der Waals surface area contributed by atoms with Gasteiger partial charge in [-0.1, -0.05) is 12.8 Å². The molecule has 1 aliphatic rings. The monoisotopic (exact) mass is 199 g/mol. The van der Waals surface area contributed by atoms with E-state index < -0.39 is 0 Å². The lowest BCUT2D eigenvalue weighted by molar-refractivity contribution is 0.0971. The molecule has 0 saturated carbocycles. The highest BCUT2D eigenvalue weighted by Crippen LogP contribution is 2.20.